The molecule has 0 unspecified atom stereocenters. The van der Waals surface area contributed by atoms with Gasteiger partial charge in [-0.15, -0.1) is 16.2 Å². The number of nitrogens with one attached hydrogen (secondary N) is 2. The molecule has 118 valence electrons. The monoisotopic (exact) mass is 350 g/mol. The molecule has 0 atom stereocenters. The Balaban J connectivity index is 2.23. The van der Waals surface area contributed by atoms with Gasteiger partial charge in [0.15, 0.2) is 0 Å². The molecule has 0 aliphatic heterocycles. The van der Waals surface area contributed by atoms with Crippen LogP contribution in [-0.2, 0) is 16.2 Å². The maximum Gasteiger partial charge on any atom is 0.417 e. The van der Waals surface area contributed by atoms with Crippen LogP contribution in [0.25, 0.3) is 0 Å². The van der Waals surface area contributed by atoms with E-state index in [0.29, 0.717) is 6.07 Å². The molecule has 22 heavy (non-hydrogen) atoms. The lowest BCUT2D eigenvalue weighted by Gasteiger charge is -2.13. The van der Waals surface area contributed by atoms with Crippen molar-refractivity contribution in [2.45, 2.75) is 11.1 Å². The molecule has 0 fully saturated rings. The second kappa shape index (κ2) is 6.07. The third-order valence-electron chi connectivity index (χ3n) is 2.53. The van der Waals surface area contributed by atoms with Crippen LogP contribution in [0.5, 0.6) is 0 Å². The second-order valence-corrected chi connectivity index (χ2v) is 6.63. The van der Waals surface area contributed by atoms with E-state index in [1.165, 1.54) is 6.07 Å². The summed E-state index contributed by atoms with van der Waals surface area (Å²) in [6.45, 7) is 0. The average Bonchev–Trinajstić information content (AvgIpc) is 2.98. The molecule has 0 aliphatic carbocycles. The van der Waals surface area contributed by atoms with Crippen LogP contribution < -0.4 is 10.3 Å². The van der Waals surface area contributed by atoms with Crippen molar-refractivity contribution in [1.82, 2.24) is 10.3 Å². The van der Waals surface area contributed by atoms with Crippen LogP contribution in [-0.4, -0.2) is 14.3 Å². The zero-order valence-electron chi connectivity index (χ0n) is 10.7. The van der Waals surface area contributed by atoms with E-state index in [4.69, 9.17) is 0 Å². The smallest absolute Gasteiger partial charge is 0.273 e. The topological polar surface area (TPSA) is 75.3 Å². The molecule has 1 aromatic heterocycles. The fourth-order valence-corrected chi connectivity index (χ4v) is 3.26. The van der Waals surface area contributed by atoms with E-state index in [9.17, 15) is 26.4 Å². The van der Waals surface area contributed by atoms with Gasteiger partial charge in [-0.1, -0.05) is 18.2 Å². The zero-order chi connectivity index (χ0) is 16.4. The number of benzene rings is 1. The van der Waals surface area contributed by atoms with Crippen molar-refractivity contribution in [3.05, 3.63) is 52.2 Å². The van der Waals surface area contributed by atoms with Crippen molar-refractivity contribution in [3.63, 3.8) is 0 Å². The molecule has 0 aliphatic rings. The van der Waals surface area contributed by atoms with Gasteiger partial charge in [0.25, 0.3) is 15.9 Å². The Kier molecular flexibility index (Phi) is 4.54. The number of hydrazine groups is 1. The number of carbonyl (C=O) groups excluding carboxylic acids is 1. The summed E-state index contributed by atoms with van der Waals surface area (Å²) in [6, 6.07) is 6.71. The Morgan fingerprint density at radius 2 is 1.77 bits per heavy atom. The largest absolute Gasteiger partial charge is 0.417 e. The van der Waals surface area contributed by atoms with Gasteiger partial charge in [0, 0.05) is 0 Å². The Hall–Kier alpha value is -1.91. The highest BCUT2D eigenvalue weighted by molar-refractivity contribution is 7.89. The predicted molar refractivity (Wildman–Crippen MR) is 73.6 cm³/mol. The van der Waals surface area contributed by atoms with Gasteiger partial charge in [-0.25, -0.2) is 8.42 Å². The summed E-state index contributed by atoms with van der Waals surface area (Å²) < 4.78 is 62.4. The molecule has 1 aromatic carbocycles. The summed E-state index contributed by atoms with van der Waals surface area (Å²) in [7, 11) is -4.56. The van der Waals surface area contributed by atoms with Crippen molar-refractivity contribution in [1.29, 1.82) is 0 Å². The number of hydrogen-bond acceptors (Lipinski definition) is 4. The minimum Gasteiger partial charge on any atom is -0.273 e. The van der Waals surface area contributed by atoms with E-state index in [0.717, 1.165) is 29.5 Å². The van der Waals surface area contributed by atoms with E-state index >= 15 is 0 Å². The number of carbonyl (C=O) groups is 1. The van der Waals surface area contributed by atoms with Gasteiger partial charge in [-0.2, -0.15) is 13.2 Å². The summed E-state index contributed by atoms with van der Waals surface area (Å²) in [4.78, 5) is 12.5. The molecule has 0 saturated carbocycles. The summed E-state index contributed by atoms with van der Waals surface area (Å²) in [5.41, 5.74) is 0.556. The first-order chi connectivity index (χ1) is 10.2. The number of thiophene rings is 1. The molecule has 1 heterocycles. The third kappa shape index (κ3) is 3.64. The first-order valence-corrected chi connectivity index (χ1v) is 8.10. The predicted octanol–water partition coefficient (Wildman–Crippen LogP) is 2.39. The van der Waals surface area contributed by atoms with Crippen LogP contribution in [0.2, 0.25) is 0 Å². The molecule has 5 nitrogen and oxygen atoms in total. The normalized spacial score (nSPS) is 12.1. The molecule has 0 saturated heterocycles. The maximum absolute atomic E-state index is 12.8. The first kappa shape index (κ1) is 16.5. The third-order valence-corrected chi connectivity index (χ3v) is 4.70. The lowest BCUT2D eigenvalue weighted by Crippen LogP contribution is -2.41. The number of alkyl halides is 3. The van der Waals surface area contributed by atoms with Crippen molar-refractivity contribution < 1.29 is 26.4 Å². The molecule has 1 amide bonds. The number of rotatable bonds is 4. The van der Waals surface area contributed by atoms with Crippen LogP contribution in [0.4, 0.5) is 13.2 Å². The lowest BCUT2D eigenvalue weighted by molar-refractivity contribution is -0.139. The summed E-state index contributed by atoms with van der Waals surface area (Å²) in [6.07, 6.45) is -4.83. The standard InChI is InChI=1S/C12H9F3N2O3S2/c13-12(14,15)8-4-1-2-6-10(8)22(19,20)17-16-11(18)9-5-3-7-21-9/h1-7,17H,(H,16,18). The first-order valence-electron chi connectivity index (χ1n) is 5.74. The highest BCUT2D eigenvalue weighted by Gasteiger charge is 2.36. The molecule has 0 spiro atoms. The van der Waals surface area contributed by atoms with Crippen LogP contribution in [0, 0.1) is 0 Å². The molecule has 2 N–H and O–H groups in total. The second-order valence-electron chi connectivity index (χ2n) is 4.03. The summed E-state index contributed by atoms with van der Waals surface area (Å²) >= 11 is 1.06. The minimum absolute atomic E-state index is 0.215. The van der Waals surface area contributed by atoms with E-state index in [1.807, 2.05) is 5.43 Å². The highest BCUT2D eigenvalue weighted by atomic mass is 32.2. The Labute approximate surface area is 127 Å². The van der Waals surface area contributed by atoms with Crippen LogP contribution >= 0.6 is 11.3 Å². The van der Waals surface area contributed by atoms with Crippen LogP contribution in [0.3, 0.4) is 0 Å². The van der Waals surface area contributed by atoms with E-state index in [-0.39, 0.29) is 4.88 Å². The SMILES string of the molecule is O=C(NNS(=O)(=O)c1ccccc1C(F)(F)F)c1cccs1. The van der Waals surface area contributed by atoms with Gasteiger partial charge in [-0.05, 0) is 23.6 Å². The molecular weight excluding hydrogens is 341 g/mol. The average molecular weight is 350 g/mol. The summed E-state index contributed by atoms with van der Waals surface area (Å²) in [5, 5.41) is 1.60. The fourth-order valence-electron chi connectivity index (χ4n) is 1.57. The van der Waals surface area contributed by atoms with Gasteiger partial charge in [0.05, 0.1) is 15.3 Å². The minimum atomic E-state index is -4.83. The molecule has 2 aromatic rings. The molecule has 10 heteroatoms. The molecule has 0 bridgehead atoms. The van der Waals surface area contributed by atoms with Gasteiger partial charge in [-0.3, -0.25) is 10.2 Å². The van der Waals surface area contributed by atoms with Crippen molar-refractivity contribution >= 4 is 27.3 Å². The Morgan fingerprint density at radius 3 is 2.36 bits per heavy atom. The van der Waals surface area contributed by atoms with Gasteiger partial charge in [0.2, 0.25) is 0 Å². The van der Waals surface area contributed by atoms with E-state index in [1.54, 1.807) is 16.3 Å². The maximum atomic E-state index is 12.8. The Morgan fingerprint density at radius 1 is 1.09 bits per heavy atom. The summed E-state index contributed by atoms with van der Waals surface area (Å²) in [5.74, 6) is -0.761. The number of halogens is 3. The van der Waals surface area contributed by atoms with Gasteiger partial charge < -0.3 is 0 Å². The molecule has 2 rings (SSSR count). The van der Waals surface area contributed by atoms with Crippen molar-refractivity contribution in [3.8, 4) is 0 Å². The van der Waals surface area contributed by atoms with E-state index < -0.39 is 32.6 Å². The van der Waals surface area contributed by atoms with E-state index in [2.05, 4.69) is 0 Å². The highest BCUT2D eigenvalue weighted by Crippen LogP contribution is 2.33. The van der Waals surface area contributed by atoms with Crippen molar-refractivity contribution in [2.75, 3.05) is 0 Å². The lowest BCUT2D eigenvalue weighted by atomic mass is 10.2. The molecule has 0 radical (unpaired) electrons. The van der Waals surface area contributed by atoms with Gasteiger partial charge >= 0.3 is 6.18 Å². The zero-order valence-corrected chi connectivity index (χ0v) is 12.3. The number of hydrogen-bond donors (Lipinski definition) is 2. The van der Waals surface area contributed by atoms with Crippen LogP contribution in [0.15, 0.2) is 46.7 Å². The van der Waals surface area contributed by atoms with Crippen molar-refractivity contribution in [2.24, 2.45) is 0 Å². The molecular formula is C12H9F3N2O3S2. The van der Waals surface area contributed by atoms with Gasteiger partial charge in [0.1, 0.15) is 0 Å². The fraction of sp³-hybridized carbons (Fsp3) is 0.0833. The number of amides is 1. The Bertz CT molecular complexity index is 771. The van der Waals surface area contributed by atoms with Crippen LogP contribution in [0.1, 0.15) is 15.2 Å². The quantitative estimate of drug-likeness (QED) is 0.832. The number of sulfonamides is 1.